The third-order valence-electron chi connectivity index (χ3n) is 1.89. The summed E-state index contributed by atoms with van der Waals surface area (Å²) in [5.74, 6) is 0. The molecule has 0 saturated heterocycles. The van der Waals surface area contributed by atoms with E-state index in [1.54, 1.807) is 13.2 Å². The Morgan fingerprint density at radius 3 is 2.62 bits per heavy atom. The molecule has 0 unspecified atom stereocenters. The first-order valence-electron chi connectivity index (χ1n) is 4.59. The van der Waals surface area contributed by atoms with Gasteiger partial charge in [0.25, 0.3) is 0 Å². The highest BCUT2D eigenvalue weighted by atomic mass is 32.2. The Morgan fingerprint density at radius 1 is 1.38 bits per heavy atom. The number of hydrogen-bond donors (Lipinski definition) is 3. The van der Waals surface area contributed by atoms with Gasteiger partial charge >= 0.3 is 0 Å². The Hall–Kier alpha value is -1.31. The number of benzene rings is 1. The molecule has 90 valence electrons. The fourth-order valence-electron chi connectivity index (χ4n) is 1.19. The van der Waals surface area contributed by atoms with Gasteiger partial charge in [0.2, 0.25) is 10.0 Å². The number of nitrogens with one attached hydrogen (secondary N) is 1. The molecule has 1 aromatic carbocycles. The van der Waals surface area contributed by atoms with Crippen LogP contribution in [0, 0.1) is 0 Å². The molecule has 0 amide bonds. The SMILES string of the molecule is COCCNc1cc(N)cc(S(N)(=O)=O)c1. The lowest BCUT2D eigenvalue weighted by atomic mass is 10.3. The quantitative estimate of drug-likeness (QED) is 0.499. The van der Waals surface area contributed by atoms with E-state index in [0.29, 0.717) is 24.5 Å². The van der Waals surface area contributed by atoms with Crippen LogP contribution in [0.4, 0.5) is 11.4 Å². The fourth-order valence-corrected chi connectivity index (χ4v) is 1.78. The smallest absolute Gasteiger partial charge is 0.238 e. The van der Waals surface area contributed by atoms with Gasteiger partial charge in [-0.15, -0.1) is 0 Å². The van der Waals surface area contributed by atoms with Gasteiger partial charge in [-0.05, 0) is 18.2 Å². The molecule has 0 fully saturated rings. The summed E-state index contributed by atoms with van der Waals surface area (Å²) in [4.78, 5) is -0.00702. The average Bonchev–Trinajstić information content (AvgIpc) is 2.16. The van der Waals surface area contributed by atoms with E-state index >= 15 is 0 Å². The first kappa shape index (κ1) is 12.8. The Bertz CT molecular complexity index is 459. The van der Waals surface area contributed by atoms with Gasteiger partial charge in [-0.25, -0.2) is 13.6 Å². The van der Waals surface area contributed by atoms with Crippen molar-refractivity contribution in [1.82, 2.24) is 0 Å². The molecular weight excluding hydrogens is 230 g/mol. The number of hydrogen-bond acceptors (Lipinski definition) is 5. The van der Waals surface area contributed by atoms with Crippen LogP contribution in [0.1, 0.15) is 0 Å². The molecule has 16 heavy (non-hydrogen) atoms. The van der Waals surface area contributed by atoms with Crippen molar-refractivity contribution in [2.45, 2.75) is 4.90 Å². The number of nitrogens with two attached hydrogens (primary N) is 2. The molecule has 0 heterocycles. The molecule has 1 aromatic rings. The van der Waals surface area contributed by atoms with Crippen LogP contribution in [0.5, 0.6) is 0 Å². The molecule has 0 atom stereocenters. The van der Waals surface area contributed by atoms with Crippen molar-refractivity contribution in [3.8, 4) is 0 Å². The zero-order valence-electron chi connectivity index (χ0n) is 8.93. The van der Waals surface area contributed by atoms with E-state index in [-0.39, 0.29) is 4.90 Å². The van der Waals surface area contributed by atoms with Crippen LogP contribution >= 0.6 is 0 Å². The minimum absolute atomic E-state index is 0.00702. The van der Waals surface area contributed by atoms with E-state index < -0.39 is 10.0 Å². The van der Waals surface area contributed by atoms with Gasteiger partial charge in [0, 0.05) is 25.0 Å². The molecule has 1 rings (SSSR count). The standard InChI is InChI=1S/C9H15N3O3S/c1-15-3-2-12-8-4-7(10)5-9(6-8)16(11,13)14/h4-6,12H,2-3,10H2,1H3,(H2,11,13,14). The molecular formula is C9H15N3O3S. The monoisotopic (exact) mass is 245 g/mol. The van der Waals surface area contributed by atoms with E-state index in [2.05, 4.69) is 5.32 Å². The maximum Gasteiger partial charge on any atom is 0.238 e. The minimum atomic E-state index is -3.73. The van der Waals surface area contributed by atoms with E-state index in [1.807, 2.05) is 0 Å². The van der Waals surface area contributed by atoms with E-state index in [0.717, 1.165) is 0 Å². The first-order chi connectivity index (χ1) is 7.43. The van der Waals surface area contributed by atoms with Gasteiger partial charge in [-0.2, -0.15) is 0 Å². The van der Waals surface area contributed by atoms with Crippen molar-refractivity contribution in [2.24, 2.45) is 5.14 Å². The topological polar surface area (TPSA) is 107 Å². The van der Waals surface area contributed by atoms with Crippen molar-refractivity contribution in [3.05, 3.63) is 18.2 Å². The molecule has 0 saturated carbocycles. The number of primary sulfonamides is 1. The van der Waals surface area contributed by atoms with Crippen molar-refractivity contribution in [3.63, 3.8) is 0 Å². The average molecular weight is 245 g/mol. The second kappa shape index (κ2) is 5.15. The van der Waals surface area contributed by atoms with Gasteiger partial charge in [-0.3, -0.25) is 0 Å². The predicted octanol–water partition coefficient (Wildman–Crippen LogP) is -0.0255. The molecule has 0 bridgehead atoms. The fraction of sp³-hybridized carbons (Fsp3) is 0.333. The summed E-state index contributed by atoms with van der Waals surface area (Å²) in [6, 6.07) is 4.38. The van der Waals surface area contributed by atoms with Gasteiger partial charge in [0.1, 0.15) is 0 Å². The Labute approximate surface area is 94.6 Å². The summed E-state index contributed by atoms with van der Waals surface area (Å²) in [6.45, 7) is 1.07. The van der Waals surface area contributed by atoms with E-state index in [9.17, 15) is 8.42 Å². The second-order valence-corrected chi connectivity index (χ2v) is 4.82. The molecule has 0 aliphatic rings. The van der Waals surface area contributed by atoms with Crippen LogP contribution in [0.25, 0.3) is 0 Å². The third-order valence-corrected chi connectivity index (χ3v) is 2.79. The lowest BCUT2D eigenvalue weighted by Gasteiger charge is -2.08. The summed E-state index contributed by atoms with van der Waals surface area (Å²) in [6.07, 6.45) is 0. The van der Waals surface area contributed by atoms with Crippen LogP contribution < -0.4 is 16.2 Å². The summed E-state index contributed by atoms with van der Waals surface area (Å²) in [5, 5.41) is 7.99. The van der Waals surface area contributed by atoms with E-state index in [4.69, 9.17) is 15.6 Å². The molecule has 5 N–H and O–H groups in total. The van der Waals surface area contributed by atoms with Gasteiger partial charge in [0.05, 0.1) is 11.5 Å². The number of rotatable bonds is 5. The number of sulfonamides is 1. The van der Waals surface area contributed by atoms with Crippen LogP contribution in [0.3, 0.4) is 0 Å². The van der Waals surface area contributed by atoms with Crippen molar-refractivity contribution in [2.75, 3.05) is 31.3 Å². The minimum Gasteiger partial charge on any atom is -0.399 e. The zero-order valence-corrected chi connectivity index (χ0v) is 9.75. The lowest BCUT2D eigenvalue weighted by molar-refractivity contribution is 0.211. The largest absolute Gasteiger partial charge is 0.399 e. The van der Waals surface area contributed by atoms with Crippen LogP contribution in [0.15, 0.2) is 23.1 Å². The lowest BCUT2D eigenvalue weighted by Crippen LogP contribution is -2.14. The summed E-state index contributed by atoms with van der Waals surface area (Å²) < 4.78 is 27.1. The Balaban J connectivity index is 2.91. The molecule has 0 spiro atoms. The third kappa shape index (κ3) is 3.69. The maximum absolute atomic E-state index is 11.1. The highest BCUT2D eigenvalue weighted by molar-refractivity contribution is 7.89. The predicted molar refractivity (Wildman–Crippen MR) is 62.6 cm³/mol. The Kier molecular flexibility index (Phi) is 4.11. The normalized spacial score (nSPS) is 11.4. The van der Waals surface area contributed by atoms with Gasteiger partial charge in [0.15, 0.2) is 0 Å². The van der Waals surface area contributed by atoms with Gasteiger partial charge in [-0.1, -0.05) is 0 Å². The number of nitrogen functional groups attached to an aromatic ring is 1. The molecule has 6 nitrogen and oxygen atoms in total. The van der Waals surface area contributed by atoms with Crippen molar-refractivity contribution in [1.29, 1.82) is 0 Å². The Morgan fingerprint density at radius 2 is 2.06 bits per heavy atom. The highest BCUT2D eigenvalue weighted by Gasteiger charge is 2.09. The summed E-state index contributed by atoms with van der Waals surface area (Å²) in [7, 11) is -2.15. The van der Waals surface area contributed by atoms with Crippen LogP contribution in [-0.4, -0.2) is 28.7 Å². The number of methoxy groups -OCH3 is 1. The maximum atomic E-state index is 11.1. The van der Waals surface area contributed by atoms with Crippen molar-refractivity contribution >= 4 is 21.4 Å². The number of anilines is 2. The van der Waals surface area contributed by atoms with E-state index in [1.165, 1.54) is 12.1 Å². The number of ether oxygens (including phenoxy) is 1. The second-order valence-electron chi connectivity index (χ2n) is 3.26. The molecule has 0 aliphatic heterocycles. The van der Waals surface area contributed by atoms with Crippen molar-refractivity contribution < 1.29 is 13.2 Å². The first-order valence-corrected chi connectivity index (χ1v) is 6.14. The summed E-state index contributed by atoms with van der Waals surface area (Å²) >= 11 is 0. The summed E-state index contributed by atoms with van der Waals surface area (Å²) in [5.41, 5.74) is 6.51. The van der Waals surface area contributed by atoms with Crippen LogP contribution in [0.2, 0.25) is 0 Å². The van der Waals surface area contributed by atoms with Crippen LogP contribution in [-0.2, 0) is 14.8 Å². The molecule has 7 heteroatoms. The molecule has 0 radical (unpaired) electrons. The molecule has 0 aliphatic carbocycles. The zero-order chi connectivity index (χ0) is 12.2. The van der Waals surface area contributed by atoms with Gasteiger partial charge < -0.3 is 15.8 Å². The highest BCUT2D eigenvalue weighted by Crippen LogP contribution is 2.19. The molecule has 0 aromatic heterocycles.